The molecule has 3 heterocycles. The van der Waals surface area contributed by atoms with E-state index >= 15 is 0 Å². The monoisotopic (exact) mass is 348 g/mol. The second-order valence-electron chi connectivity index (χ2n) is 8.27. The summed E-state index contributed by atoms with van der Waals surface area (Å²) >= 11 is 0. The van der Waals surface area contributed by atoms with Crippen molar-refractivity contribution in [3.63, 3.8) is 0 Å². The van der Waals surface area contributed by atoms with Crippen LogP contribution in [-0.2, 0) is 0 Å². The zero-order valence-corrected chi connectivity index (χ0v) is 15.8. The maximum atomic E-state index is 4.95. The highest BCUT2D eigenvalue weighted by atomic mass is 15.3. The topological polar surface area (TPSA) is 41.1 Å². The van der Waals surface area contributed by atoms with Crippen molar-refractivity contribution in [2.24, 2.45) is 0 Å². The van der Waals surface area contributed by atoms with Crippen molar-refractivity contribution in [1.29, 1.82) is 0 Å². The molecule has 0 spiro atoms. The first kappa shape index (κ1) is 16.1. The third-order valence-electron chi connectivity index (χ3n) is 6.39. The minimum atomic E-state index is 0.399. The molecular weight excluding hydrogens is 320 g/mol. The van der Waals surface area contributed by atoms with Gasteiger partial charge in [0.05, 0.1) is 11.7 Å². The summed E-state index contributed by atoms with van der Waals surface area (Å²) in [5.74, 6) is 3.22. The van der Waals surface area contributed by atoms with Gasteiger partial charge in [0.15, 0.2) is 0 Å². The summed E-state index contributed by atoms with van der Waals surface area (Å²) < 4.78 is 0. The molecule has 1 saturated heterocycles. The van der Waals surface area contributed by atoms with Crippen LogP contribution in [0.15, 0.2) is 30.3 Å². The molecule has 2 aliphatic heterocycles. The predicted molar refractivity (Wildman–Crippen MR) is 106 cm³/mol. The summed E-state index contributed by atoms with van der Waals surface area (Å²) in [5, 5.41) is 3.51. The van der Waals surface area contributed by atoms with Crippen LogP contribution in [0.4, 0.5) is 11.8 Å². The fraction of sp³-hybridized carbons (Fsp3) is 0.545. The highest BCUT2D eigenvalue weighted by Gasteiger charge is 2.39. The van der Waals surface area contributed by atoms with E-state index in [0.29, 0.717) is 23.9 Å². The molecule has 26 heavy (non-hydrogen) atoms. The number of nitrogens with one attached hydrogen (secondary N) is 1. The van der Waals surface area contributed by atoms with Gasteiger partial charge in [-0.05, 0) is 50.2 Å². The number of hydrogen-bond donors (Lipinski definition) is 1. The first-order valence-electron chi connectivity index (χ1n) is 10.2. The summed E-state index contributed by atoms with van der Waals surface area (Å²) in [5.41, 5.74) is 4.31. The van der Waals surface area contributed by atoms with Gasteiger partial charge in [-0.2, -0.15) is 4.98 Å². The van der Waals surface area contributed by atoms with Crippen LogP contribution in [0.1, 0.15) is 80.7 Å². The quantitative estimate of drug-likeness (QED) is 0.825. The van der Waals surface area contributed by atoms with Gasteiger partial charge in [0.25, 0.3) is 0 Å². The lowest BCUT2D eigenvalue weighted by Crippen LogP contribution is -2.43. The molecule has 4 nitrogen and oxygen atoms in total. The van der Waals surface area contributed by atoms with Crippen LogP contribution in [0.5, 0.6) is 0 Å². The van der Waals surface area contributed by atoms with Gasteiger partial charge in [-0.15, -0.1) is 0 Å². The van der Waals surface area contributed by atoms with Gasteiger partial charge in [-0.3, -0.25) is 0 Å². The number of nitrogens with zero attached hydrogens (tertiary/aromatic N) is 3. The van der Waals surface area contributed by atoms with E-state index in [4.69, 9.17) is 9.97 Å². The van der Waals surface area contributed by atoms with Crippen LogP contribution in [0.25, 0.3) is 0 Å². The molecule has 1 saturated carbocycles. The molecular formula is C22H28N4. The molecule has 0 radical (unpaired) electrons. The standard InChI is InChI=1S/C22H28N4/c1-3-14(2)23-22-24-19(15-8-9-15)12-21(25-22)26-13-16-10-11-20(26)18-7-5-4-6-17(16)18/h4-7,12,14-16,20H,3,8-11,13H2,1-2H3,(H,23,24,25)/t14-,16-,20+/m1/s1. The zero-order valence-electron chi connectivity index (χ0n) is 15.8. The second kappa shape index (κ2) is 6.26. The Labute approximate surface area is 156 Å². The maximum absolute atomic E-state index is 4.95. The molecule has 136 valence electrons. The number of hydrogen-bond acceptors (Lipinski definition) is 4. The zero-order chi connectivity index (χ0) is 17.7. The van der Waals surface area contributed by atoms with Gasteiger partial charge in [0, 0.05) is 30.5 Å². The van der Waals surface area contributed by atoms with Crippen molar-refractivity contribution < 1.29 is 0 Å². The van der Waals surface area contributed by atoms with Crippen molar-refractivity contribution in [2.45, 2.75) is 69.9 Å². The van der Waals surface area contributed by atoms with Crippen molar-refractivity contribution in [3.8, 4) is 0 Å². The van der Waals surface area contributed by atoms with E-state index in [9.17, 15) is 0 Å². The Kier molecular flexibility index (Phi) is 3.87. The first-order valence-corrected chi connectivity index (χ1v) is 10.2. The second-order valence-corrected chi connectivity index (χ2v) is 8.27. The van der Waals surface area contributed by atoms with E-state index in [1.807, 2.05) is 0 Å². The van der Waals surface area contributed by atoms with E-state index < -0.39 is 0 Å². The van der Waals surface area contributed by atoms with Crippen molar-refractivity contribution in [2.75, 3.05) is 16.8 Å². The third-order valence-corrected chi connectivity index (χ3v) is 6.39. The van der Waals surface area contributed by atoms with Gasteiger partial charge < -0.3 is 10.2 Å². The van der Waals surface area contributed by atoms with Crippen LogP contribution in [0, 0.1) is 0 Å². The Hall–Kier alpha value is -2.10. The van der Waals surface area contributed by atoms with Crippen molar-refractivity contribution >= 4 is 11.8 Å². The summed E-state index contributed by atoms with van der Waals surface area (Å²) in [6.45, 7) is 5.49. The first-order chi connectivity index (χ1) is 12.7. The molecule has 2 fully saturated rings. The molecule has 6 rings (SSSR count). The lowest BCUT2D eigenvalue weighted by molar-refractivity contribution is 0.387. The van der Waals surface area contributed by atoms with Crippen LogP contribution in [0.3, 0.4) is 0 Å². The highest BCUT2D eigenvalue weighted by molar-refractivity contribution is 5.54. The van der Waals surface area contributed by atoms with Gasteiger partial charge in [0.1, 0.15) is 5.82 Å². The summed E-state index contributed by atoms with van der Waals surface area (Å²) in [6.07, 6.45) is 6.16. The lowest BCUT2D eigenvalue weighted by atomic mass is 9.75. The van der Waals surface area contributed by atoms with Crippen LogP contribution >= 0.6 is 0 Å². The average Bonchev–Trinajstić information content (AvgIpc) is 3.53. The maximum Gasteiger partial charge on any atom is 0.225 e. The smallest absolute Gasteiger partial charge is 0.225 e. The van der Waals surface area contributed by atoms with Gasteiger partial charge in [0.2, 0.25) is 5.95 Å². The SMILES string of the molecule is CC[C@@H](C)Nc1nc(C2CC2)cc(N2C[C@H]3CC[C@H]2c2ccccc23)n1. The molecule has 4 heteroatoms. The Morgan fingerprint density at radius 1 is 1.08 bits per heavy atom. The third kappa shape index (κ3) is 2.76. The van der Waals surface area contributed by atoms with E-state index in [0.717, 1.165) is 24.7 Å². The summed E-state index contributed by atoms with van der Waals surface area (Å²) in [7, 11) is 0. The lowest BCUT2D eigenvalue weighted by Gasteiger charge is -2.47. The van der Waals surface area contributed by atoms with Gasteiger partial charge in [-0.25, -0.2) is 4.98 Å². The predicted octanol–water partition coefficient (Wildman–Crippen LogP) is 5.00. The van der Waals surface area contributed by atoms with Gasteiger partial charge >= 0.3 is 0 Å². The molecule has 3 atom stereocenters. The normalized spacial score (nSPS) is 25.1. The summed E-state index contributed by atoms with van der Waals surface area (Å²) in [4.78, 5) is 12.3. The molecule has 2 aromatic rings. The number of fused-ring (bicyclic) bond motifs is 2. The molecule has 1 aromatic carbocycles. The molecule has 1 aromatic heterocycles. The van der Waals surface area contributed by atoms with E-state index in [1.54, 1.807) is 5.56 Å². The molecule has 0 unspecified atom stereocenters. The Morgan fingerprint density at radius 2 is 1.85 bits per heavy atom. The largest absolute Gasteiger partial charge is 0.352 e. The molecule has 2 aliphatic carbocycles. The number of benzene rings is 1. The number of aromatic nitrogens is 2. The van der Waals surface area contributed by atoms with Crippen LogP contribution in [-0.4, -0.2) is 22.6 Å². The minimum Gasteiger partial charge on any atom is -0.352 e. The van der Waals surface area contributed by atoms with Gasteiger partial charge in [-0.1, -0.05) is 31.2 Å². The minimum absolute atomic E-state index is 0.399. The van der Waals surface area contributed by atoms with Crippen LogP contribution < -0.4 is 10.2 Å². The van der Waals surface area contributed by atoms with Crippen molar-refractivity contribution in [1.82, 2.24) is 9.97 Å². The molecule has 4 aliphatic rings. The Morgan fingerprint density at radius 3 is 2.62 bits per heavy atom. The van der Waals surface area contributed by atoms with E-state index in [2.05, 4.69) is 54.4 Å². The average molecular weight is 348 g/mol. The van der Waals surface area contributed by atoms with E-state index in [-0.39, 0.29) is 0 Å². The number of anilines is 2. The summed E-state index contributed by atoms with van der Waals surface area (Å²) in [6, 6.07) is 12.2. The number of rotatable bonds is 5. The molecule has 0 amide bonds. The molecule has 2 bridgehead atoms. The Bertz CT molecular complexity index is 814. The highest BCUT2D eigenvalue weighted by Crippen LogP contribution is 2.48. The van der Waals surface area contributed by atoms with Crippen molar-refractivity contribution in [3.05, 3.63) is 47.2 Å². The Balaban J connectivity index is 1.52. The fourth-order valence-electron chi connectivity index (χ4n) is 4.56. The molecule has 1 N–H and O–H groups in total. The van der Waals surface area contributed by atoms with E-state index in [1.165, 1.54) is 36.9 Å². The number of piperidine rings is 1. The van der Waals surface area contributed by atoms with Crippen LogP contribution in [0.2, 0.25) is 0 Å². The fourth-order valence-corrected chi connectivity index (χ4v) is 4.56.